The molecule has 3 heterocycles. The molecule has 0 aliphatic carbocycles. The van der Waals surface area contributed by atoms with Crippen molar-refractivity contribution >= 4 is 11.6 Å². The Kier molecular flexibility index (Phi) is 4.91. The molecule has 6 heteroatoms. The highest BCUT2D eigenvalue weighted by molar-refractivity contribution is 6.30. The number of aromatic amines is 1. The van der Waals surface area contributed by atoms with Crippen LogP contribution in [0.5, 0.6) is 5.88 Å². The van der Waals surface area contributed by atoms with Crippen molar-refractivity contribution < 1.29 is 4.74 Å². The average molecular weight is 369 g/mol. The zero-order valence-corrected chi connectivity index (χ0v) is 15.5. The number of ether oxygens (including phenoxy) is 1. The maximum absolute atomic E-state index is 5.97. The molecule has 0 amide bonds. The van der Waals surface area contributed by atoms with Crippen LogP contribution in [0.1, 0.15) is 23.9 Å². The van der Waals surface area contributed by atoms with Gasteiger partial charge < -0.3 is 9.72 Å². The number of rotatable bonds is 5. The third kappa shape index (κ3) is 3.74. The summed E-state index contributed by atoms with van der Waals surface area (Å²) in [5, 5.41) is 0.736. The number of nitrogens with zero attached hydrogens (tertiary/aromatic N) is 3. The van der Waals surface area contributed by atoms with E-state index < -0.39 is 0 Å². The maximum atomic E-state index is 5.97. The van der Waals surface area contributed by atoms with Crippen molar-refractivity contribution in [3.8, 4) is 17.3 Å². The lowest BCUT2D eigenvalue weighted by Crippen LogP contribution is -2.30. The molecule has 0 bridgehead atoms. The number of hydrogen-bond donors (Lipinski definition) is 1. The number of H-pyrrole nitrogens is 1. The van der Waals surface area contributed by atoms with E-state index in [-0.39, 0.29) is 0 Å². The third-order valence-corrected chi connectivity index (χ3v) is 4.78. The Hall–Kier alpha value is -2.37. The van der Waals surface area contributed by atoms with Gasteiger partial charge in [0.15, 0.2) is 0 Å². The molecule has 1 aliphatic rings. The van der Waals surface area contributed by atoms with E-state index in [1.54, 1.807) is 0 Å². The van der Waals surface area contributed by atoms with Gasteiger partial charge in [-0.25, -0.2) is 9.97 Å². The number of halogens is 1. The highest BCUT2D eigenvalue weighted by atomic mass is 35.5. The van der Waals surface area contributed by atoms with Gasteiger partial charge >= 0.3 is 0 Å². The zero-order chi connectivity index (χ0) is 17.9. The van der Waals surface area contributed by atoms with Crippen molar-refractivity contribution in [3.05, 3.63) is 64.6 Å². The number of hydrogen-bond acceptors (Lipinski definition) is 4. The molecule has 0 atom stereocenters. The van der Waals surface area contributed by atoms with E-state index in [9.17, 15) is 0 Å². The monoisotopic (exact) mass is 368 g/mol. The number of benzene rings is 1. The summed E-state index contributed by atoms with van der Waals surface area (Å²) in [6.07, 6.45) is 2.84. The normalized spacial score (nSPS) is 14.2. The number of imidazole rings is 1. The molecule has 0 saturated carbocycles. The standard InChI is InChI=1S/C20H21ClN4O/c1-2-26-19-8-3-14(11-22-19)12-25-10-9-17-18(13-25)24-20(23-17)15-4-6-16(21)7-5-15/h3-8,11H,2,9-10,12-13H2,1H3,(H,23,24). The first-order valence-electron chi connectivity index (χ1n) is 8.85. The van der Waals surface area contributed by atoms with Crippen LogP contribution in [0.25, 0.3) is 11.4 Å². The molecule has 0 spiro atoms. The first-order valence-corrected chi connectivity index (χ1v) is 9.23. The van der Waals surface area contributed by atoms with Crippen molar-refractivity contribution in [3.63, 3.8) is 0 Å². The lowest BCUT2D eigenvalue weighted by Gasteiger charge is -2.25. The van der Waals surface area contributed by atoms with Gasteiger partial charge in [-0.2, -0.15) is 0 Å². The van der Waals surface area contributed by atoms with E-state index in [0.717, 1.165) is 48.2 Å². The smallest absolute Gasteiger partial charge is 0.213 e. The van der Waals surface area contributed by atoms with Gasteiger partial charge in [0.25, 0.3) is 0 Å². The van der Waals surface area contributed by atoms with Crippen LogP contribution in [0.15, 0.2) is 42.6 Å². The van der Waals surface area contributed by atoms with Crippen molar-refractivity contribution in [2.75, 3.05) is 13.2 Å². The first kappa shape index (κ1) is 17.1. The number of aromatic nitrogens is 3. The minimum atomic E-state index is 0.636. The highest BCUT2D eigenvalue weighted by Gasteiger charge is 2.20. The summed E-state index contributed by atoms with van der Waals surface area (Å²) in [5.41, 5.74) is 4.61. The summed E-state index contributed by atoms with van der Waals surface area (Å²) in [5.74, 6) is 1.59. The number of nitrogens with one attached hydrogen (secondary N) is 1. The maximum Gasteiger partial charge on any atom is 0.213 e. The lowest BCUT2D eigenvalue weighted by molar-refractivity contribution is 0.241. The second-order valence-electron chi connectivity index (χ2n) is 6.42. The van der Waals surface area contributed by atoms with Crippen LogP contribution in [-0.2, 0) is 19.5 Å². The molecule has 1 aliphatic heterocycles. The first-order chi connectivity index (χ1) is 12.7. The molecule has 134 valence electrons. The Bertz CT molecular complexity index is 874. The second-order valence-corrected chi connectivity index (χ2v) is 6.85. The molecule has 1 N–H and O–H groups in total. The van der Waals surface area contributed by atoms with Crippen LogP contribution in [0.4, 0.5) is 0 Å². The summed E-state index contributed by atoms with van der Waals surface area (Å²) >= 11 is 5.97. The van der Waals surface area contributed by atoms with Gasteiger partial charge in [0.2, 0.25) is 5.88 Å². The lowest BCUT2D eigenvalue weighted by atomic mass is 10.1. The van der Waals surface area contributed by atoms with Crippen LogP contribution < -0.4 is 4.74 Å². The minimum absolute atomic E-state index is 0.636. The number of pyridine rings is 1. The van der Waals surface area contributed by atoms with E-state index in [2.05, 4.69) is 20.9 Å². The second kappa shape index (κ2) is 7.48. The van der Waals surface area contributed by atoms with Gasteiger partial charge in [-0.05, 0) is 36.8 Å². The molecule has 1 aromatic carbocycles. The molecule has 5 nitrogen and oxygen atoms in total. The van der Waals surface area contributed by atoms with Crippen molar-refractivity contribution in [2.24, 2.45) is 0 Å². The summed E-state index contributed by atoms with van der Waals surface area (Å²) in [4.78, 5) is 15.0. The molecular formula is C20H21ClN4O. The summed E-state index contributed by atoms with van der Waals surface area (Å²) in [7, 11) is 0. The Balaban J connectivity index is 1.45. The Morgan fingerprint density at radius 3 is 2.77 bits per heavy atom. The summed E-state index contributed by atoms with van der Waals surface area (Å²) < 4.78 is 5.40. The van der Waals surface area contributed by atoms with Crippen LogP contribution >= 0.6 is 11.6 Å². The Labute approximate surface area is 158 Å². The van der Waals surface area contributed by atoms with E-state index in [4.69, 9.17) is 21.3 Å². The fourth-order valence-electron chi connectivity index (χ4n) is 3.23. The van der Waals surface area contributed by atoms with Crippen molar-refractivity contribution in [1.82, 2.24) is 19.9 Å². The van der Waals surface area contributed by atoms with Gasteiger partial charge in [-0.3, -0.25) is 4.90 Å². The fourth-order valence-corrected chi connectivity index (χ4v) is 3.35. The molecule has 0 fully saturated rings. The molecule has 26 heavy (non-hydrogen) atoms. The largest absolute Gasteiger partial charge is 0.478 e. The van der Waals surface area contributed by atoms with Crippen molar-refractivity contribution in [1.29, 1.82) is 0 Å². The van der Waals surface area contributed by atoms with Crippen LogP contribution in [0, 0.1) is 0 Å². The molecule has 0 unspecified atom stereocenters. The van der Waals surface area contributed by atoms with Gasteiger partial charge in [-0.15, -0.1) is 0 Å². The van der Waals surface area contributed by atoms with E-state index >= 15 is 0 Å². The van der Waals surface area contributed by atoms with E-state index in [1.807, 2.05) is 43.5 Å². The SMILES string of the molecule is CCOc1ccc(CN2CCc3nc(-c4ccc(Cl)cc4)[nH]c3C2)cn1. The third-order valence-electron chi connectivity index (χ3n) is 4.52. The minimum Gasteiger partial charge on any atom is -0.478 e. The fraction of sp³-hybridized carbons (Fsp3) is 0.300. The summed E-state index contributed by atoms with van der Waals surface area (Å²) in [6.45, 7) is 5.32. The van der Waals surface area contributed by atoms with Gasteiger partial charge in [0.1, 0.15) is 5.82 Å². The summed E-state index contributed by atoms with van der Waals surface area (Å²) in [6, 6.07) is 11.8. The molecule has 4 rings (SSSR count). The van der Waals surface area contributed by atoms with E-state index in [0.29, 0.717) is 12.5 Å². The highest BCUT2D eigenvalue weighted by Crippen LogP contribution is 2.24. The van der Waals surface area contributed by atoms with Gasteiger partial charge in [0.05, 0.1) is 18.0 Å². The Morgan fingerprint density at radius 1 is 1.19 bits per heavy atom. The molecule has 0 saturated heterocycles. The molecular weight excluding hydrogens is 348 g/mol. The van der Waals surface area contributed by atoms with Crippen LogP contribution in [-0.4, -0.2) is 33.0 Å². The predicted molar refractivity (Wildman–Crippen MR) is 102 cm³/mol. The predicted octanol–water partition coefficient (Wildman–Crippen LogP) is 4.08. The Morgan fingerprint density at radius 2 is 2.04 bits per heavy atom. The quantitative estimate of drug-likeness (QED) is 0.737. The van der Waals surface area contributed by atoms with Gasteiger partial charge in [0, 0.05) is 48.9 Å². The van der Waals surface area contributed by atoms with E-state index in [1.165, 1.54) is 11.3 Å². The molecule has 0 radical (unpaired) electrons. The van der Waals surface area contributed by atoms with Crippen LogP contribution in [0.3, 0.4) is 0 Å². The zero-order valence-electron chi connectivity index (χ0n) is 14.7. The molecule has 2 aromatic heterocycles. The molecule has 3 aromatic rings. The topological polar surface area (TPSA) is 54.0 Å². The number of fused-ring (bicyclic) bond motifs is 1. The van der Waals surface area contributed by atoms with Crippen LogP contribution in [0.2, 0.25) is 5.02 Å². The average Bonchev–Trinajstić information content (AvgIpc) is 3.07. The van der Waals surface area contributed by atoms with Crippen molar-refractivity contribution in [2.45, 2.75) is 26.4 Å². The van der Waals surface area contributed by atoms with Gasteiger partial charge in [-0.1, -0.05) is 17.7 Å².